The van der Waals surface area contributed by atoms with Crippen molar-refractivity contribution in [3.8, 4) is 0 Å². The maximum atomic E-state index is 13.6. The molecule has 0 radical (unpaired) electrons. The number of carbonyl (C=O) groups excluding carboxylic acids is 4. The molecule has 17 aliphatic heterocycles. The Bertz CT molecular complexity index is 3390. The summed E-state index contributed by atoms with van der Waals surface area (Å²) < 4.78 is 149. The number of amides is 2. The number of rotatable bonds is 14. The van der Waals surface area contributed by atoms with Gasteiger partial charge in [-0.05, 0) is 311 Å². The van der Waals surface area contributed by atoms with E-state index in [9.17, 15) is 73.3 Å². The Balaban J connectivity index is 0.000000155. The van der Waals surface area contributed by atoms with Gasteiger partial charge in [0.05, 0.1) is 71.4 Å². The lowest BCUT2D eigenvalue weighted by Gasteiger charge is -2.41. The first kappa shape index (κ1) is 109. The third kappa shape index (κ3) is 31.0. The van der Waals surface area contributed by atoms with Gasteiger partial charge in [-0.25, -0.2) is 43.9 Å². The quantitative estimate of drug-likeness (QED) is 0.0846. The number of alkyl halides is 10. The fourth-order valence-electron chi connectivity index (χ4n) is 23.5. The lowest BCUT2D eigenvalue weighted by molar-refractivity contribution is -0.148. The largest absolute Gasteiger partial charge is 0.468 e. The van der Waals surface area contributed by atoms with Gasteiger partial charge < -0.3 is 68.7 Å². The van der Waals surface area contributed by atoms with Crippen LogP contribution in [0.3, 0.4) is 0 Å². The molecule has 26 nitrogen and oxygen atoms in total. The van der Waals surface area contributed by atoms with Crippen molar-refractivity contribution in [1.29, 1.82) is 0 Å². The Morgan fingerprint density at radius 1 is 0.462 bits per heavy atom. The van der Waals surface area contributed by atoms with Gasteiger partial charge in [0.25, 0.3) is 29.6 Å². The average molecular weight is 1890 g/mol. The monoisotopic (exact) mass is 1890 g/mol. The van der Waals surface area contributed by atoms with Crippen molar-refractivity contribution >= 4 is 35.5 Å². The number of hydrogen-bond donors (Lipinski definition) is 3. The van der Waals surface area contributed by atoms with Crippen molar-refractivity contribution in [2.75, 3.05) is 246 Å². The second-order valence-electron chi connectivity index (χ2n) is 42.1. The summed E-state index contributed by atoms with van der Waals surface area (Å²) in [5.41, 5.74) is -1.30. The highest BCUT2D eigenvalue weighted by Crippen LogP contribution is 2.45. The molecule has 37 heteroatoms. The standard InChI is InChI=1S/C13H24F2N2O.C13H22N2O2.2C12H22F2N2O.C11H20F2N2O.C11H20F2N2.C11H20N2O2S.C10H16N2O2/c1-12(2,18)11-8-13(14,15)9-17(11)10-4-6-16(3)7-5-10;1-14-8-3-11(4-9-14)15-7-2-5-13(15)6-10-17-12(13)16;1-15-5-3-10(4-6-15)16-9-12(13,14)7-11(16)8-17-2;1-9(17)11-7-12(13,14)8-16(11)10-3-5-15(2)6-4-10;1-14-4-2-9(3-5-14)15-8-11(12,13)6-10(15)7-16;1-9-7-11(12,13)8-15(9)10-3-5-14(2)6-4-10;1-12-5-3-9(4-6-12)13-8-16-7-10(13)11(14)15-2;1-11-6-4-8(5-7-11)12-9(13)2-3-10(12)14/h10-11,18H,4-9H2,1-3H3;11H,2-10H2,1H3;10-11H,3-9H2,1-2H3;9-11,17H,3-8H2,1-2H3;9-10,16H,2-8H2,1H3;9-10H,3-8H2,1-2H3;9-10H,3-8H2,1-2H3;8H,2-7H2,1H3/t11-;;11-;9?,11-;10-;9-;10-;/m1.11101./s1. The first-order chi connectivity index (χ1) is 61.2. The van der Waals surface area contributed by atoms with Gasteiger partial charge in [-0.2, -0.15) is 0 Å². The first-order valence-corrected chi connectivity index (χ1v) is 50.2. The third-order valence-electron chi connectivity index (χ3n) is 31.3. The van der Waals surface area contributed by atoms with E-state index >= 15 is 0 Å². The number of piperidine rings is 8. The molecule has 17 saturated heterocycles. The van der Waals surface area contributed by atoms with Crippen LogP contribution in [0, 0.1) is 0 Å². The molecule has 2 amide bonds. The molecule has 0 aliphatic carbocycles. The van der Waals surface area contributed by atoms with Crippen LogP contribution < -0.4 is 0 Å². The van der Waals surface area contributed by atoms with Crippen molar-refractivity contribution in [3.05, 3.63) is 0 Å². The number of hydrogen-bond acceptors (Lipinski definition) is 26. The zero-order valence-electron chi connectivity index (χ0n) is 81.2. The lowest BCUT2D eigenvalue weighted by atomic mass is 9.91. The molecule has 8 atom stereocenters. The molecule has 0 aromatic heterocycles. The number of carbonyl (C=O) groups is 4. The molecule has 130 heavy (non-hydrogen) atoms. The predicted octanol–water partition coefficient (Wildman–Crippen LogP) is 8.48. The zero-order valence-corrected chi connectivity index (χ0v) is 82.0. The number of aliphatic hydroxyl groups is 3. The Hall–Kier alpha value is -3.03. The minimum Gasteiger partial charge on any atom is -0.468 e. The number of imide groups is 1. The molecule has 0 saturated carbocycles. The Morgan fingerprint density at radius 3 is 1.19 bits per heavy atom. The van der Waals surface area contributed by atoms with Gasteiger partial charge >= 0.3 is 11.9 Å². The van der Waals surface area contributed by atoms with E-state index in [4.69, 9.17) is 19.3 Å². The van der Waals surface area contributed by atoms with E-state index in [0.717, 1.165) is 219 Å². The van der Waals surface area contributed by atoms with Crippen LogP contribution in [0.15, 0.2) is 0 Å². The third-order valence-corrected chi connectivity index (χ3v) is 32.3. The molecule has 2 unspecified atom stereocenters. The normalized spacial score (nSPS) is 32.5. The minimum absolute atomic E-state index is 0.0107. The summed E-state index contributed by atoms with van der Waals surface area (Å²) in [7, 11) is 19.8. The van der Waals surface area contributed by atoms with Crippen LogP contribution in [0.25, 0.3) is 0 Å². The molecule has 17 heterocycles. The maximum Gasteiger partial charge on any atom is 0.326 e. The van der Waals surface area contributed by atoms with Crippen LogP contribution in [-0.2, 0) is 33.4 Å². The molecule has 0 aromatic rings. The number of aliphatic hydroxyl groups excluding tert-OH is 2. The summed E-state index contributed by atoms with van der Waals surface area (Å²) in [6.07, 6.45) is 18.9. The van der Waals surface area contributed by atoms with E-state index in [2.05, 4.69) is 105 Å². The Morgan fingerprint density at radius 2 is 0.808 bits per heavy atom. The van der Waals surface area contributed by atoms with Crippen LogP contribution in [0.1, 0.15) is 195 Å². The second-order valence-corrected chi connectivity index (χ2v) is 43.1. The Kier molecular flexibility index (Phi) is 40.8. The molecular weight excluding hydrogens is 1720 g/mol. The van der Waals surface area contributed by atoms with Gasteiger partial charge in [0, 0.05) is 149 Å². The van der Waals surface area contributed by atoms with Gasteiger partial charge in [0.15, 0.2) is 0 Å². The molecule has 0 bridgehead atoms. The number of cyclic esters (lactones) is 1. The van der Waals surface area contributed by atoms with Gasteiger partial charge in [0.2, 0.25) is 11.8 Å². The van der Waals surface area contributed by atoms with E-state index in [1.807, 2.05) is 43.2 Å². The average Bonchev–Trinajstić information content (AvgIpc) is 1.59. The molecule has 1 spiro atoms. The molecule has 3 N–H and O–H groups in total. The summed E-state index contributed by atoms with van der Waals surface area (Å²) in [5.74, 6) is -11.0. The van der Waals surface area contributed by atoms with E-state index in [-0.39, 0.29) is 155 Å². The zero-order chi connectivity index (χ0) is 95.0. The number of thioether (sulfide) groups is 1. The molecule has 0 aromatic carbocycles. The fraction of sp³-hybridized carbons (Fsp3) is 0.957. The first-order valence-electron chi connectivity index (χ1n) is 49.1. The van der Waals surface area contributed by atoms with Crippen LogP contribution in [0.4, 0.5) is 43.9 Å². The SMILES string of the molecule is CC(O)[C@H]1CC(F)(F)CN1C1CCN(C)CC1.CN1CCC(N2C(=O)CCC2=O)CC1.CN1CCC(N2CC(F)(F)C[C@@H]2C(C)(C)O)CC1.CN1CCC(N2CC(F)(F)C[C@@H]2CO)CC1.CN1CCC(N2CCCC23CCOC3=O)CC1.COC(=O)[C@H]1CSCN1C1CCN(C)CC1.COC[C@H]1CC(F)(F)CN1C1CCN(C)CC1.C[C@H]1CC(F)(F)CN1C1CCN(C)CC1. The van der Waals surface area contributed by atoms with E-state index in [1.165, 1.54) is 37.7 Å². The topological polar surface area (TPSA) is 208 Å². The van der Waals surface area contributed by atoms with Crippen molar-refractivity contribution in [1.82, 2.24) is 78.4 Å². The summed E-state index contributed by atoms with van der Waals surface area (Å²) in [6, 6.07) is 1.42. The number of halogens is 10. The van der Waals surface area contributed by atoms with Gasteiger partial charge in [-0.15, -0.1) is 11.8 Å². The fourth-order valence-corrected chi connectivity index (χ4v) is 24.7. The van der Waals surface area contributed by atoms with Crippen LogP contribution >= 0.6 is 11.8 Å². The van der Waals surface area contributed by atoms with Crippen molar-refractivity contribution in [2.45, 2.75) is 326 Å². The lowest BCUT2D eigenvalue weighted by Crippen LogP contribution is -2.55. The van der Waals surface area contributed by atoms with Crippen LogP contribution in [0.2, 0.25) is 0 Å². The predicted molar refractivity (Wildman–Crippen MR) is 487 cm³/mol. The number of ether oxygens (including phenoxy) is 3. The molecule has 17 rings (SSSR count). The van der Waals surface area contributed by atoms with Crippen molar-refractivity contribution in [2.24, 2.45) is 0 Å². The van der Waals surface area contributed by atoms with E-state index in [1.54, 1.807) is 27.9 Å². The molecular formula is C93H166F10N16O10S. The smallest absolute Gasteiger partial charge is 0.326 e. The summed E-state index contributed by atoms with van der Waals surface area (Å²) >= 11 is 1.84. The van der Waals surface area contributed by atoms with Gasteiger partial charge in [-0.3, -0.25) is 58.4 Å². The number of esters is 2. The highest BCUT2D eigenvalue weighted by molar-refractivity contribution is 7.99. The number of nitrogens with zero attached hydrogens (tertiary/aromatic N) is 16. The maximum absolute atomic E-state index is 13.6. The van der Waals surface area contributed by atoms with Crippen molar-refractivity contribution < 1.29 is 92.6 Å². The van der Waals surface area contributed by atoms with Crippen LogP contribution in [-0.4, -0.2) is 495 Å². The summed E-state index contributed by atoms with van der Waals surface area (Å²) in [5, 5.41) is 28.9. The minimum atomic E-state index is -2.66. The highest BCUT2D eigenvalue weighted by Gasteiger charge is 2.57. The number of likely N-dealkylation sites (tertiary alicyclic amines) is 15. The summed E-state index contributed by atoms with van der Waals surface area (Å²) in [6.45, 7) is 24.5. The number of methoxy groups -OCH3 is 2. The van der Waals surface area contributed by atoms with Gasteiger partial charge in [-0.1, -0.05) is 0 Å². The van der Waals surface area contributed by atoms with E-state index in [0.29, 0.717) is 50.2 Å². The molecule has 754 valence electrons. The molecule has 17 aliphatic rings. The van der Waals surface area contributed by atoms with Gasteiger partial charge in [0.1, 0.15) is 11.6 Å². The highest BCUT2D eigenvalue weighted by atomic mass is 32.2. The van der Waals surface area contributed by atoms with Crippen molar-refractivity contribution in [3.63, 3.8) is 0 Å². The summed E-state index contributed by atoms with van der Waals surface area (Å²) in [4.78, 5) is 80.6. The molecule has 17 fully saturated rings. The Labute approximate surface area is 775 Å². The van der Waals surface area contributed by atoms with Crippen LogP contribution in [0.5, 0.6) is 0 Å². The second kappa shape index (κ2) is 48.7. The van der Waals surface area contributed by atoms with E-state index < -0.39 is 47.4 Å².